The van der Waals surface area contributed by atoms with Crippen LogP contribution in [0, 0.1) is 23.7 Å². The topological polar surface area (TPSA) is 20.3 Å². The van der Waals surface area contributed by atoms with Crippen molar-refractivity contribution in [2.24, 2.45) is 23.7 Å². The van der Waals surface area contributed by atoms with Gasteiger partial charge in [0.25, 0.3) is 0 Å². The van der Waals surface area contributed by atoms with Gasteiger partial charge in [-0.1, -0.05) is 0 Å². The highest BCUT2D eigenvalue weighted by Gasteiger charge is 2.48. The summed E-state index contributed by atoms with van der Waals surface area (Å²) < 4.78 is 0. The first-order valence-corrected chi connectivity index (χ1v) is 6.67. The lowest BCUT2D eigenvalue weighted by atomic mass is 9.60. The lowest BCUT2D eigenvalue weighted by Crippen LogP contribution is -2.38. The fourth-order valence-corrected chi connectivity index (χ4v) is 4.31. The minimum atomic E-state index is 0.144. The van der Waals surface area contributed by atoms with Gasteiger partial charge in [0.15, 0.2) is 0 Å². The van der Waals surface area contributed by atoms with Crippen molar-refractivity contribution < 1.29 is 4.79 Å². The van der Waals surface area contributed by atoms with E-state index in [0.717, 1.165) is 36.8 Å². The van der Waals surface area contributed by atoms with Gasteiger partial charge >= 0.3 is 0 Å². The van der Waals surface area contributed by atoms with Gasteiger partial charge < -0.3 is 4.90 Å². The van der Waals surface area contributed by atoms with E-state index in [1.165, 1.54) is 25.7 Å². The maximum atomic E-state index is 11.6. The normalized spacial score (nSPS) is 43.1. The van der Waals surface area contributed by atoms with Crippen LogP contribution in [0.25, 0.3) is 0 Å². The molecule has 0 aromatic carbocycles. The third-order valence-electron chi connectivity index (χ3n) is 4.91. The summed E-state index contributed by atoms with van der Waals surface area (Å²) >= 11 is 5.63. The largest absolute Gasteiger partial charge is 0.341 e. The molecule has 1 amide bonds. The summed E-state index contributed by atoms with van der Waals surface area (Å²) in [4.78, 5) is 13.6. The Hall–Kier alpha value is -0.240. The molecule has 4 fully saturated rings. The summed E-state index contributed by atoms with van der Waals surface area (Å²) in [5.74, 6) is 3.75. The minimum Gasteiger partial charge on any atom is -0.341 e. The minimum absolute atomic E-state index is 0.144. The number of amides is 1. The summed E-state index contributed by atoms with van der Waals surface area (Å²) in [6, 6.07) is 0. The van der Waals surface area contributed by atoms with Crippen LogP contribution in [0.1, 0.15) is 25.7 Å². The molecule has 0 spiro atoms. The Labute approximate surface area is 96.0 Å². The Bertz CT molecular complexity index is 253. The van der Waals surface area contributed by atoms with E-state index < -0.39 is 0 Å². The quantitative estimate of drug-likeness (QED) is 0.629. The summed E-state index contributed by atoms with van der Waals surface area (Å²) in [5, 5.41) is 0. The van der Waals surface area contributed by atoms with Crippen LogP contribution in [0.5, 0.6) is 0 Å². The fraction of sp³-hybridized carbons (Fsp3) is 0.917. The van der Waals surface area contributed by atoms with E-state index in [2.05, 4.69) is 0 Å². The van der Waals surface area contributed by atoms with Gasteiger partial charge in [-0.2, -0.15) is 0 Å². The summed E-state index contributed by atoms with van der Waals surface area (Å²) in [7, 11) is 0. The molecule has 0 radical (unpaired) electrons. The molecule has 4 rings (SSSR count). The van der Waals surface area contributed by atoms with Crippen molar-refractivity contribution in [3.8, 4) is 0 Å². The Balaban J connectivity index is 1.76. The monoisotopic (exact) mass is 227 g/mol. The van der Waals surface area contributed by atoms with Gasteiger partial charge in [-0.25, -0.2) is 0 Å². The maximum absolute atomic E-state index is 11.6. The first-order chi connectivity index (χ1) is 7.29. The molecule has 2 atom stereocenters. The van der Waals surface area contributed by atoms with Crippen LogP contribution in [-0.4, -0.2) is 29.8 Å². The number of carbonyl (C=O) groups is 1. The molecule has 84 valence electrons. The second kappa shape index (κ2) is 3.65. The van der Waals surface area contributed by atoms with E-state index in [9.17, 15) is 4.79 Å². The number of hydrogen-bond acceptors (Lipinski definition) is 1. The van der Waals surface area contributed by atoms with Crippen molar-refractivity contribution in [1.29, 1.82) is 0 Å². The summed E-state index contributed by atoms with van der Waals surface area (Å²) in [6.07, 6.45) is 5.65. The maximum Gasteiger partial charge on any atom is 0.237 e. The van der Waals surface area contributed by atoms with E-state index in [4.69, 9.17) is 11.6 Å². The number of alkyl halides is 1. The van der Waals surface area contributed by atoms with Gasteiger partial charge in [-0.3, -0.25) is 4.79 Å². The summed E-state index contributed by atoms with van der Waals surface area (Å²) in [6.45, 7) is 1.99. The van der Waals surface area contributed by atoms with Gasteiger partial charge in [-0.05, 0) is 49.4 Å². The number of halogens is 1. The predicted molar refractivity (Wildman–Crippen MR) is 59.7 cm³/mol. The van der Waals surface area contributed by atoms with E-state index in [0.29, 0.717) is 0 Å². The molecule has 15 heavy (non-hydrogen) atoms. The molecule has 3 saturated carbocycles. The van der Waals surface area contributed by atoms with Crippen molar-refractivity contribution in [1.82, 2.24) is 4.90 Å². The third kappa shape index (κ3) is 1.49. The molecule has 3 aliphatic carbocycles. The van der Waals surface area contributed by atoms with Crippen LogP contribution in [0.3, 0.4) is 0 Å². The average molecular weight is 228 g/mol. The van der Waals surface area contributed by atoms with Crippen LogP contribution in [-0.2, 0) is 4.79 Å². The SMILES string of the molecule is O=C(CCl)N1CC2C3CCC(CC3)C2C1. The molecule has 1 heterocycles. The van der Waals surface area contributed by atoms with Gasteiger partial charge in [0.2, 0.25) is 5.91 Å². The fourth-order valence-electron chi connectivity index (χ4n) is 4.14. The number of hydrogen-bond donors (Lipinski definition) is 0. The average Bonchev–Trinajstić information content (AvgIpc) is 2.76. The molecular formula is C12H18ClNO. The molecule has 0 aromatic heterocycles. The molecule has 0 aromatic rings. The second-order valence-corrected chi connectivity index (χ2v) is 5.70. The van der Waals surface area contributed by atoms with E-state index in [1.807, 2.05) is 4.90 Å². The van der Waals surface area contributed by atoms with Crippen LogP contribution < -0.4 is 0 Å². The molecule has 0 N–H and O–H groups in total. The van der Waals surface area contributed by atoms with Crippen LogP contribution in [0.4, 0.5) is 0 Å². The highest BCUT2D eigenvalue weighted by atomic mass is 35.5. The van der Waals surface area contributed by atoms with Gasteiger partial charge in [0.1, 0.15) is 5.88 Å². The standard InChI is InChI=1S/C12H18ClNO/c13-5-12(15)14-6-10-8-1-2-9(4-3-8)11(10)7-14/h8-11H,1-7H2. The van der Waals surface area contributed by atoms with Crippen LogP contribution in [0.15, 0.2) is 0 Å². The molecular weight excluding hydrogens is 210 g/mol. The van der Waals surface area contributed by atoms with Crippen molar-refractivity contribution in [2.75, 3.05) is 19.0 Å². The van der Waals surface area contributed by atoms with E-state index in [1.54, 1.807) is 0 Å². The molecule has 3 heteroatoms. The molecule has 4 aliphatic rings. The Morgan fingerprint density at radius 3 is 1.93 bits per heavy atom. The predicted octanol–water partition coefficient (Wildman–Crippen LogP) is 2.12. The summed E-state index contributed by atoms with van der Waals surface area (Å²) in [5.41, 5.74) is 0. The Morgan fingerprint density at radius 1 is 1.07 bits per heavy atom. The number of fused-ring (bicyclic) bond motifs is 2. The van der Waals surface area contributed by atoms with Gasteiger partial charge in [-0.15, -0.1) is 11.6 Å². The van der Waals surface area contributed by atoms with Crippen molar-refractivity contribution in [3.05, 3.63) is 0 Å². The molecule has 2 nitrogen and oxygen atoms in total. The smallest absolute Gasteiger partial charge is 0.237 e. The molecule has 1 aliphatic heterocycles. The van der Waals surface area contributed by atoms with E-state index >= 15 is 0 Å². The Kier molecular flexibility index (Phi) is 2.42. The zero-order valence-electron chi connectivity index (χ0n) is 8.99. The lowest BCUT2D eigenvalue weighted by Gasteiger charge is -2.44. The third-order valence-corrected chi connectivity index (χ3v) is 5.14. The zero-order chi connectivity index (χ0) is 10.4. The van der Waals surface area contributed by atoms with Gasteiger partial charge in [0.05, 0.1) is 0 Å². The van der Waals surface area contributed by atoms with Crippen LogP contribution >= 0.6 is 11.6 Å². The number of carbonyl (C=O) groups excluding carboxylic acids is 1. The zero-order valence-corrected chi connectivity index (χ0v) is 9.75. The molecule has 2 bridgehead atoms. The van der Waals surface area contributed by atoms with Gasteiger partial charge in [0, 0.05) is 13.1 Å². The number of rotatable bonds is 1. The first kappa shape index (κ1) is 9.95. The van der Waals surface area contributed by atoms with Crippen molar-refractivity contribution in [2.45, 2.75) is 25.7 Å². The second-order valence-electron chi connectivity index (χ2n) is 5.43. The lowest BCUT2D eigenvalue weighted by molar-refractivity contribution is -0.127. The first-order valence-electron chi connectivity index (χ1n) is 6.13. The highest BCUT2D eigenvalue weighted by molar-refractivity contribution is 6.27. The number of nitrogens with zero attached hydrogens (tertiary/aromatic N) is 1. The number of likely N-dealkylation sites (tertiary alicyclic amines) is 1. The molecule has 1 saturated heterocycles. The van der Waals surface area contributed by atoms with E-state index in [-0.39, 0.29) is 11.8 Å². The molecule has 2 unspecified atom stereocenters. The van der Waals surface area contributed by atoms with Crippen molar-refractivity contribution in [3.63, 3.8) is 0 Å². The van der Waals surface area contributed by atoms with Crippen molar-refractivity contribution >= 4 is 17.5 Å². The highest BCUT2D eigenvalue weighted by Crippen LogP contribution is 2.51. The Morgan fingerprint density at radius 2 is 1.53 bits per heavy atom. The van der Waals surface area contributed by atoms with Crippen LogP contribution in [0.2, 0.25) is 0 Å².